The van der Waals surface area contributed by atoms with Gasteiger partial charge in [0, 0.05) is 18.7 Å². The largest absolute Gasteiger partial charge is 0.507 e. The molecule has 0 aliphatic carbocycles. The number of rotatable bonds is 5. The first kappa shape index (κ1) is 19.2. The maximum atomic E-state index is 10.8. The molecule has 0 saturated carbocycles. The van der Waals surface area contributed by atoms with Crippen molar-refractivity contribution in [1.29, 1.82) is 0 Å². The van der Waals surface area contributed by atoms with Gasteiger partial charge in [0.2, 0.25) is 0 Å². The zero-order valence-corrected chi connectivity index (χ0v) is 16.0. The van der Waals surface area contributed by atoms with Crippen molar-refractivity contribution >= 4 is 0 Å². The lowest BCUT2D eigenvalue weighted by atomic mass is 9.79. The second kappa shape index (κ2) is 6.66. The quantitative estimate of drug-likeness (QED) is 0.774. The van der Waals surface area contributed by atoms with Crippen molar-refractivity contribution in [2.45, 2.75) is 58.9 Å². The van der Waals surface area contributed by atoms with Gasteiger partial charge in [0.25, 0.3) is 0 Å². The van der Waals surface area contributed by atoms with E-state index < -0.39 is 0 Å². The Labute approximate surface area is 146 Å². The maximum Gasteiger partial charge on any atom is 0.123 e. The summed E-state index contributed by atoms with van der Waals surface area (Å²) in [5.74, 6) is 0.380. The molecule has 1 aromatic rings. The van der Waals surface area contributed by atoms with E-state index >= 15 is 0 Å². The van der Waals surface area contributed by atoms with Crippen LogP contribution < -0.4 is 5.32 Å². The number of aliphatic hydroxyl groups excluding tert-OH is 1. The lowest BCUT2D eigenvalue weighted by Crippen LogP contribution is -2.52. The molecule has 4 nitrogen and oxygen atoms in total. The van der Waals surface area contributed by atoms with Crippen LogP contribution in [0.5, 0.6) is 5.75 Å². The van der Waals surface area contributed by atoms with Gasteiger partial charge >= 0.3 is 0 Å². The van der Waals surface area contributed by atoms with E-state index in [1.807, 2.05) is 0 Å². The molecule has 0 bridgehead atoms. The van der Waals surface area contributed by atoms with E-state index in [0.717, 1.165) is 11.1 Å². The van der Waals surface area contributed by atoms with E-state index in [4.69, 9.17) is 4.74 Å². The third kappa shape index (κ3) is 4.11. The minimum absolute atomic E-state index is 0.0244. The van der Waals surface area contributed by atoms with E-state index in [-0.39, 0.29) is 22.9 Å². The molecule has 24 heavy (non-hydrogen) atoms. The van der Waals surface area contributed by atoms with Crippen LogP contribution in [0.15, 0.2) is 12.1 Å². The molecule has 1 heterocycles. The maximum absolute atomic E-state index is 10.8. The Bertz CT molecular complexity index is 572. The smallest absolute Gasteiger partial charge is 0.123 e. The van der Waals surface area contributed by atoms with Gasteiger partial charge < -0.3 is 20.3 Å². The number of benzene rings is 1. The molecule has 3 N–H and O–H groups in total. The van der Waals surface area contributed by atoms with Gasteiger partial charge in [-0.05, 0) is 22.0 Å². The third-order valence-corrected chi connectivity index (χ3v) is 4.83. The number of ether oxygens (including phenoxy) is 1. The van der Waals surface area contributed by atoms with E-state index in [1.165, 1.54) is 5.56 Å². The van der Waals surface area contributed by atoms with Gasteiger partial charge in [-0.15, -0.1) is 0 Å². The molecule has 0 spiro atoms. The highest BCUT2D eigenvalue weighted by Crippen LogP contribution is 2.37. The highest BCUT2D eigenvalue weighted by Gasteiger charge is 2.37. The lowest BCUT2D eigenvalue weighted by molar-refractivity contribution is -0.134. The Morgan fingerprint density at radius 3 is 2.12 bits per heavy atom. The highest BCUT2D eigenvalue weighted by molar-refractivity contribution is 5.48. The summed E-state index contributed by atoms with van der Waals surface area (Å²) >= 11 is 0. The summed E-state index contributed by atoms with van der Waals surface area (Å²) in [6.07, 6.45) is 0. The Kier molecular flexibility index (Phi) is 5.34. The van der Waals surface area contributed by atoms with Crippen molar-refractivity contribution in [2.75, 3.05) is 26.4 Å². The number of aliphatic hydroxyl groups is 1. The van der Waals surface area contributed by atoms with Gasteiger partial charge in [0.05, 0.1) is 25.2 Å². The molecule has 1 saturated heterocycles. The number of phenols is 1. The average molecular weight is 335 g/mol. The summed E-state index contributed by atoms with van der Waals surface area (Å²) in [5.41, 5.74) is 2.87. The normalized spacial score (nSPS) is 17.6. The molecular formula is C20H33NO3. The molecule has 0 aromatic heterocycles. The summed E-state index contributed by atoms with van der Waals surface area (Å²) in [4.78, 5) is 0. The van der Waals surface area contributed by atoms with Crippen LogP contribution in [0, 0.1) is 5.41 Å². The zero-order chi connectivity index (χ0) is 18.2. The van der Waals surface area contributed by atoms with Crippen LogP contribution in [0.2, 0.25) is 0 Å². The van der Waals surface area contributed by atoms with E-state index in [0.29, 0.717) is 32.1 Å². The summed E-state index contributed by atoms with van der Waals surface area (Å²) in [6.45, 7) is 15.5. The van der Waals surface area contributed by atoms with Crippen LogP contribution in [0.4, 0.5) is 0 Å². The Balaban J connectivity index is 2.24. The molecule has 0 radical (unpaired) electrons. The van der Waals surface area contributed by atoms with E-state index in [1.54, 1.807) is 0 Å². The monoisotopic (exact) mass is 335 g/mol. The molecule has 0 unspecified atom stereocenters. The second-order valence-electron chi connectivity index (χ2n) is 9.29. The fourth-order valence-corrected chi connectivity index (χ4v) is 2.94. The molecule has 1 fully saturated rings. The van der Waals surface area contributed by atoms with E-state index in [9.17, 15) is 10.2 Å². The Hall–Kier alpha value is -1.10. The lowest BCUT2D eigenvalue weighted by Gasteiger charge is -2.40. The van der Waals surface area contributed by atoms with Gasteiger partial charge in [-0.2, -0.15) is 0 Å². The van der Waals surface area contributed by atoms with Gasteiger partial charge in [-0.3, -0.25) is 0 Å². The third-order valence-electron chi connectivity index (χ3n) is 4.83. The first-order chi connectivity index (χ1) is 11.0. The average Bonchev–Trinajstić information content (AvgIpc) is 2.40. The van der Waals surface area contributed by atoms with Crippen molar-refractivity contribution in [2.24, 2.45) is 5.41 Å². The van der Waals surface area contributed by atoms with Gasteiger partial charge in [0.1, 0.15) is 5.75 Å². The van der Waals surface area contributed by atoms with Crippen molar-refractivity contribution in [1.82, 2.24) is 5.32 Å². The van der Waals surface area contributed by atoms with Crippen LogP contribution in [0.1, 0.15) is 58.2 Å². The minimum Gasteiger partial charge on any atom is -0.507 e. The molecule has 2 rings (SSSR count). The molecule has 1 aliphatic rings. The SMILES string of the molecule is CC(C)(C)c1cc(CNCC2(CO)COC2)c(O)c(C(C)(C)C)c1. The second-order valence-corrected chi connectivity index (χ2v) is 9.29. The van der Waals surface area contributed by atoms with Gasteiger partial charge in [-0.25, -0.2) is 0 Å². The standard InChI is InChI=1S/C20H33NO3/c1-18(2,3)15-7-14(17(23)16(8-15)19(4,5)6)9-21-10-20(11-22)12-24-13-20/h7-8,21-23H,9-13H2,1-6H3. The van der Waals surface area contributed by atoms with E-state index in [2.05, 4.69) is 59.0 Å². The molecular weight excluding hydrogens is 302 g/mol. The molecule has 4 heteroatoms. The van der Waals surface area contributed by atoms with Crippen molar-refractivity contribution in [3.05, 3.63) is 28.8 Å². The number of phenolic OH excluding ortho intramolecular Hbond substituents is 1. The minimum atomic E-state index is -0.163. The number of aromatic hydroxyl groups is 1. The number of hydrogen-bond acceptors (Lipinski definition) is 4. The van der Waals surface area contributed by atoms with Crippen molar-refractivity contribution in [3.63, 3.8) is 0 Å². The van der Waals surface area contributed by atoms with Gasteiger partial charge in [0.15, 0.2) is 0 Å². The van der Waals surface area contributed by atoms with Crippen molar-refractivity contribution < 1.29 is 14.9 Å². The van der Waals surface area contributed by atoms with Crippen LogP contribution in [-0.4, -0.2) is 36.6 Å². The number of hydrogen-bond donors (Lipinski definition) is 3. The Morgan fingerprint density at radius 2 is 1.71 bits per heavy atom. The zero-order valence-electron chi connectivity index (χ0n) is 16.0. The van der Waals surface area contributed by atoms with Crippen LogP contribution in [0.25, 0.3) is 0 Å². The molecule has 0 atom stereocenters. The fourth-order valence-electron chi connectivity index (χ4n) is 2.94. The predicted octanol–water partition coefficient (Wildman–Crippen LogP) is 3.09. The number of nitrogens with one attached hydrogen (secondary N) is 1. The van der Waals surface area contributed by atoms with Crippen molar-refractivity contribution in [3.8, 4) is 5.75 Å². The molecule has 1 aromatic carbocycles. The first-order valence-electron chi connectivity index (χ1n) is 8.75. The van der Waals surface area contributed by atoms with Crippen LogP contribution in [-0.2, 0) is 22.1 Å². The molecule has 1 aliphatic heterocycles. The van der Waals surface area contributed by atoms with Crippen LogP contribution >= 0.6 is 0 Å². The summed E-state index contributed by atoms with van der Waals surface area (Å²) in [7, 11) is 0. The fraction of sp³-hybridized carbons (Fsp3) is 0.700. The summed E-state index contributed by atoms with van der Waals surface area (Å²) in [5, 5.41) is 23.7. The van der Waals surface area contributed by atoms with Crippen LogP contribution in [0.3, 0.4) is 0 Å². The van der Waals surface area contributed by atoms with Gasteiger partial charge in [-0.1, -0.05) is 53.7 Å². The molecule has 0 amide bonds. The Morgan fingerprint density at radius 1 is 1.08 bits per heavy atom. The summed E-state index contributed by atoms with van der Waals surface area (Å²) < 4.78 is 5.23. The molecule has 136 valence electrons. The predicted molar refractivity (Wildman–Crippen MR) is 97.6 cm³/mol. The topological polar surface area (TPSA) is 61.7 Å². The summed E-state index contributed by atoms with van der Waals surface area (Å²) in [6, 6.07) is 4.23. The highest BCUT2D eigenvalue weighted by atomic mass is 16.5. The first-order valence-corrected chi connectivity index (χ1v) is 8.75.